The molecule has 0 aliphatic heterocycles. The number of rotatable bonds is 5. The van der Waals surface area contributed by atoms with E-state index in [9.17, 15) is 4.79 Å². The van der Waals surface area contributed by atoms with Crippen LogP contribution in [0.3, 0.4) is 0 Å². The van der Waals surface area contributed by atoms with Crippen molar-refractivity contribution < 1.29 is 9.53 Å². The Bertz CT molecular complexity index is 833. The highest BCUT2D eigenvalue weighted by atomic mass is 16.5. The monoisotopic (exact) mass is 334 g/mol. The van der Waals surface area contributed by atoms with Gasteiger partial charge in [0, 0.05) is 23.6 Å². The summed E-state index contributed by atoms with van der Waals surface area (Å²) in [6, 6.07) is 19.2. The number of nitrogens with zero attached hydrogens (tertiary/aromatic N) is 1. The maximum Gasteiger partial charge on any atom is 0.251 e. The summed E-state index contributed by atoms with van der Waals surface area (Å²) in [6.07, 6.45) is 3.95. The molecule has 4 heteroatoms. The zero-order valence-corrected chi connectivity index (χ0v) is 14.7. The summed E-state index contributed by atoms with van der Waals surface area (Å²) in [5, 5.41) is 3.09. The van der Waals surface area contributed by atoms with Crippen molar-refractivity contribution in [2.75, 3.05) is 7.11 Å². The normalized spacial score (nSPS) is 11.2. The van der Waals surface area contributed by atoms with E-state index in [1.807, 2.05) is 91.5 Å². The summed E-state index contributed by atoms with van der Waals surface area (Å²) < 4.78 is 7.19. The van der Waals surface area contributed by atoms with Crippen LogP contribution >= 0.6 is 0 Å². The zero-order valence-electron chi connectivity index (χ0n) is 14.7. The van der Waals surface area contributed by atoms with Crippen molar-refractivity contribution in [3.63, 3.8) is 0 Å². The largest absolute Gasteiger partial charge is 0.497 e. The van der Waals surface area contributed by atoms with Gasteiger partial charge in [-0.15, -0.1) is 0 Å². The number of nitrogens with one attached hydrogen (secondary N) is 1. The third kappa shape index (κ3) is 3.74. The second-order valence-corrected chi connectivity index (χ2v) is 6.44. The summed E-state index contributed by atoms with van der Waals surface area (Å²) >= 11 is 0. The molecule has 2 aromatic carbocycles. The lowest BCUT2D eigenvalue weighted by Crippen LogP contribution is -2.40. The first kappa shape index (κ1) is 16.8. The molecule has 1 N–H and O–H groups in total. The fourth-order valence-electron chi connectivity index (χ4n) is 2.73. The van der Waals surface area contributed by atoms with E-state index in [2.05, 4.69) is 5.32 Å². The van der Waals surface area contributed by atoms with E-state index >= 15 is 0 Å². The number of carbonyl (C=O) groups is 1. The Morgan fingerprint density at radius 3 is 2.12 bits per heavy atom. The van der Waals surface area contributed by atoms with E-state index in [1.54, 1.807) is 7.11 Å². The number of ether oxygens (including phenoxy) is 1. The Hall–Kier alpha value is -3.01. The van der Waals surface area contributed by atoms with Gasteiger partial charge in [0.05, 0.1) is 12.6 Å². The van der Waals surface area contributed by atoms with Crippen LogP contribution in [-0.2, 0) is 5.54 Å². The van der Waals surface area contributed by atoms with Crippen LogP contribution in [0.4, 0.5) is 0 Å². The van der Waals surface area contributed by atoms with Crippen molar-refractivity contribution >= 4 is 5.91 Å². The Morgan fingerprint density at radius 2 is 1.56 bits per heavy atom. The van der Waals surface area contributed by atoms with Crippen LogP contribution in [0.2, 0.25) is 0 Å². The summed E-state index contributed by atoms with van der Waals surface area (Å²) in [5.41, 5.74) is 2.20. The second-order valence-electron chi connectivity index (χ2n) is 6.44. The molecule has 25 heavy (non-hydrogen) atoms. The molecule has 0 atom stereocenters. The average Bonchev–Trinajstić information content (AvgIpc) is 3.16. The zero-order chi connectivity index (χ0) is 17.9. The van der Waals surface area contributed by atoms with Gasteiger partial charge in [-0.1, -0.05) is 12.1 Å². The van der Waals surface area contributed by atoms with Gasteiger partial charge in [-0.25, -0.2) is 0 Å². The number of amides is 1. The maximum absolute atomic E-state index is 12.6. The maximum atomic E-state index is 12.6. The molecule has 1 aromatic heterocycles. The Kier molecular flexibility index (Phi) is 4.61. The summed E-state index contributed by atoms with van der Waals surface area (Å²) in [6.45, 7) is 3.97. The van der Waals surface area contributed by atoms with Crippen molar-refractivity contribution in [2.24, 2.45) is 0 Å². The molecule has 0 bridgehead atoms. The first-order chi connectivity index (χ1) is 12.0. The molecule has 0 saturated heterocycles. The fourth-order valence-corrected chi connectivity index (χ4v) is 2.73. The number of hydrogen-bond donors (Lipinski definition) is 1. The minimum atomic E-state index is -0.484. The van der Waals surface area contributed by atoms with Crippen LogP contribution in [0.5, 0.6) is 5.75 Å². The summed E-state index contributed by atoms with van der Waals surface area (Å²) in [7, 11) is 1.64. The van der Waals surface area contributed by atoms with Gasteiger partial charge in [0.25, 0.3) is 5.91 Å². The fraction of sp³-hybridized carbons (Fsp3) is 0.190. The van der Waals surface area contributed by atoms with E-state index in [1.165, 1.54) is 0 Å². The molecule has 1 amide bonds. The first-order valence-corrected chi connectivity index (χ1v) is 8.20. The van der Waals surface area contributed by atoms with E-state index in [0.717, 1.165) is 17.0 Å². The molecule has 0 aliphatic carbocycles. The molecule has 0 aliphatic rings. The lowest BCUT2D eigenvalue weighted by atomic mass is 9.93. The van der Waals surface area contributed by atoms with Crippen LogP contribution in [0.1, 0.15) is 29.8 Å². The number of methoxy groups -OCH3 is 1. The topological polar surface area (TPSA) is 43.3 Å². The molecular formula is C21H22N2O2. The van der Waals surface area contributed by atoms with E-state index in [-0.39, 0.29) is 5.91 Å². The smallest absolute Gasteiger partial charge is 0.251 e. The van der Waals surface area contributed by atoms with Gasteiger partial charge >= 0.3 is 0 Å². The molecule has 0 radical (unpaired) electrons. The molecule has 0 unspecified atom stereocenters. The van der Waals surface area contributed by atoms with Crippen LogP contribution in [-0.4, -0.2) is 17.6 Å². The van der Waals surface area contributed by atoms with Crippen molar-refractivity contribution in [1.29, 1.82) is 0 Å². The lowest BCUT2D eigenvalue weighted by Gasteiger charge is -2.27. The van der Waals surface area contributed by atoms with Gasteiger partial charge < -0.3 is 14.6 Å². The minimum absolute atomic E-state index is 0.0973. The number of benzene rings is 2. The molecule has 3 rings (SSSR count). The first-order valence-electron chi connectivity index (χ1n) is 8.20. The average molecular weight is 334 g/mol. The van der Waals surface area contributed by atoms with Crippen LogP contribution < -0.4 is 10.1 Å². The van der Waals surface area contributed by atoms with Gasteiger partial charge in [-0.3, -0.25) is 4.79 Å². The molecule has 3 aromatic rings. The van der Waals surface area contributed by atoms with Crippen molar-refractivity contribution in [3.8, 4) is 11.4 Å². The molecule has 0 fully saturated rings. The van der Waals surface area contributed by atoms with Crippen molar-refractivity contribution in [1.82, 2.24) is 9.88 Å². The number of hydrogen-bond acceptors (Lipinski definition) is 2. The predicted molar refractivity (Wildman–Crippen MR) is 99.3 cm³/mol. The molecule has 0 spiro atoms. The SMILES string of the molecule is COc1ccc(C(C)(C)NC(=O)c2ccc(-n3cccc3)cc2)cc1. The third-order valence-corrected chi connectivity index (χ3v) is 4.27. The molecule has 4 nitrogen and oxygen atoms in total. The quantitative estimate of drug-likeness (QED) is 0.762. The molecular weight excluding hydrogens is 312 g/mol. The summed E-state index contributed by atoms with van der Waals surface area (Å²) in [5.74, 6) is 0.700. The molecule has 1 heterocycles. The lowest BCUT2D eigenvalue weighted by molar-refractivity contribution is 0.0912. The van der Waals surface area contributed by atoms with Gasteiger partial charge in [-0.05, 0) is 67.9 Å². The van der Waals surface area contributed by atoms with E-state index in [0.29, 0.717) is 5.56 Å². The highest BCUT2D eigenvalue weighted by Crippen LogP contribution is 2.23. The number of carbonyl (C=O) groups excluding carboxylic acids is 1. The van der Waals surface area contributed by atoms with Crippen molar-refractivity contribution in [2.45, 2.75) is 19.4 Å². The van der Waals surface area contributed by atoms with E-state index < -0.39 is 5.54 Å². The highest BCUT2D eigenvalue weighted by Gasteiger charge is 2.23. The van der Waals surface area contributed by atoms with Crippen LogP contribution in [0.15, 0.2) is 73.1 Å². The van der Waals surface area contributed by atoms with E-state index in [4.69, 9.17) is 4.74 Å². The minimum Gasteiger partial charge on any atom is -0.497 e. The predicted octanol–water partition coefficient (Wildman–Crippen LogP) is 4.15. The molecule has 128 valence electrons. The van der Waals surface area contributed by atoms with Gasteiger partial charge in [0.15, 0.2) is 0 Å². The van der Waals surface area contributed by atoms with Crippen LogP contribution in [0.25, 0.3) is 5.69 Å². The second kappa shape index (κ2) is 6.85. The third-order valence-electron chi connectivity index (χ3n) is 4.27. The molecule has 0 saturated carbocycles. The standard InChI is InChI=1S/C21H22N2O2/c1-21(2,17-8-12-19(25-3)13-9-17)22-20(24)16-6-10-18(11-7-16)23-14-4-5-15-23/h4-15H,1-3H3,(H,22,24). The Morgan fingerprint density at radius 1 is 0.960 bits per heavy atom. The highest BCUT2D eigenvalue weighted by molar-refractivity contribution is 5.94. The van der Waals surface area contributed by atoms with Crippen LogP contribution in [0, 0.1) is 0 Å². The van der Waals surface area contributed by atoms with Gasteiger partial charge in [0.2, 0.25) is 0 Å². The van der Waals surface area contributed by atoms with Crippen molar-refractivity contribution in [3.05, 3.63) is 84.2 Å². The Labute approximate surface area is 148 Å². The summed E-state index contributed by atoms with van der Waals surface area (Å²) in [4.78, 5) is 12.6. The van der Waals surface area contributed by atoms with Gasteiger partial charge in [0.1, 0.15) is 5.75 Å². The van der Waals surface area contributed by atoms with Gasteiger partial charge in [-0.2, -0.15) is 0 Å². The Balaban J connectivity index is 1.74. The number of aromatic nitrogens is 1.